The third kappa shape index (κ3) is 2.87. The maximum atomic E-state index is 12.6. The smallest absolute Gasteiger partial charge is 0.274 e. The molecule has 2 aromatic rings. The van der Waals surface area contributed by atoms with Crippen molar-refractivity contribution in [2.45, 2.75) is 25.8 Å². The number of aromatic amines is 1. The van der Waals surface area contributed by atoms with E-state index in [2.05, 4.69) is 22.3 Å². The first-order chi connectivity index (χ1) is 10.1. The van der Waals surface area contributed by atoms with Gasteiger partial charge >= 0.3 is 0 Å². The van der Waals surface area contributed by atoms with E-state index in [0.29, 0.717) is 18.8 Å². The molecule has 1 aliphatic rings. The van der Waals surface area contributed by atoms with Crippen LogP contribution < -0.4 is 5.73 Å². The fraction of sp³-hybridized carbons (Fsp3) is 0.375. The van der Waals surface area contributed by atoms with Gasteiger partial charge in [0.1, 0.15) is 0 Å². The largest absolute Gasteiger partial charge is 0.335 e. The van der Waals surface area contributed by atoms with Crippen LogP contribution in [0.15, 0.2) is 30.3 Å². The second-order valence-corrected chi connectivity index (χ2v) is 5.71. The Morgan fingerprint density at radius 1 is 1.27 bits per heavy atom. The van der Waals surface area contributed by atoms with Gasteiger partial charge in [-0.2, -0.15) is 5.10 Å². The van der Waals surface area contributed by atoms with Crippen LogP contribution in [-0.4, -0.2) is 40.1 Å². The third-order valence-corrected chi connectivity index (χ3v) is 4.34. The standard InChI is InChI=1S/C16H20N4O.ClH/c1-10-11(2)18-19-15(10)16(21)20-8-13(14(17)9-20)12-6-4-3-5-7-12;/h3-7,13-14H,8-9,17H2,1-2H3,(H,18,19);1H/t13-,14+;/m0./s1. The number of halogens is 1. The molecule has 1 aromatic carbocycles. The Kier molecular flexibility index (Phi) is 4.88. The van der Waals surface area contributed by atoms with E-state index in [1.807, 2.05) is 36.9 Å². The summed E-state index contributed by atoms with van der Waals surface area (Å²) in [6.45, 7) is 5.05. The molecule has 22 heavy (non-hydrogen) atoms. The van der Waals surface area contributed by atoms with Gasteiger partial charge in [-0.05, 0) is 19.4 Å². The highest BCUT2D eigenvalue weighted by molar-refractivity contribution is 5.94. The van der Waals surface area contributed by atoms with Gasteiger partial charge in [0.15, 0.2) is 5.69 Å². The minimum Gasteiger partial charge on any atom is -0.335 e. The van der Waals surface area contributed by atoms with Crippen molar-refractivity contribution < 1.29 is 4.79 Å². The Morgan fingerprint density at radius 3 is 2.55 bits per heavy atom. The van der Waals surface area contributed by atoms with Crippen molar-refractivity contribution in [2.75, 3.05) is 13.1 Å². The van der Waals surface area contributed by atoms with Crippen LogP contribution >= 0.6 is 12.4 Å². The van der Waals surface area contributed by atoms with Crippen LogP contribution in [0.3, 0.4) is 0 Å². The molecule has 0 aliphatic carbocycles. The summed E-state index contributed by atoms with van der Waals surface area (Å²) >= 11 is 0. The van der Waals surface area contributed by atoms with Crippen LogP contribution in [0.2, 0.25) is 0 Å². The highest BCUT2D eigenvalue weighted by atomic mass is 35.5. The molecule has 0 radical (unpaired) electrons. The molecule has 3 N–H and O–H groups in total. The van der Waals surface area contributed by atoms with Crippen LogP contribution in [0.5, 0.6) is 0 Å². The fourth-order valence-corrected chi connectivity index (χ4v) is 2.89. The average Bonchev–Trinajstić information content (AvgIpc) is 3.04. The number of rotatable bonds is 2. The Balaban J connectivity index is 0.00000176. The number of aryl methyl sites for hydroxylation is 1. The van der Waals surface area contributed by atoms with Crippen LogP contribution in [-0.2, 0) is 0 Å². The lowest BCUT2D eigenvalue weighted by Crippen LogP contribution is -2.32. The lowest BCUT2D eigenvalue weighted by Gasteiger charge is -2.15. The Labute approximate surface area is 136 Å². The van der Waals surface area contributed by atoms with Crippen molar-refractivity contribution in [1.29, 1.82) is 0 Å². The van der Waals surface area contributed by atoms with Gasteiger partial charge < -0.3 is 10.6 Å². The number of hydrogen-bond donors (Lipinski definition) is 2. The van der Waals surface area contributed by atoms with E-state index in [1.165, 1.54) is 5.56 Å². The van der Waals surface area contributed by atoms with Crippen LogP contribution in [0.4, 0.5) is 0 Å². The van der Waals surface area contributed by atoms with Crippen molar-refractivity contribution in [3.8, 4) is 0 Å². The van der Waals surface area contributed by atoms with E-state index in [1.54, 1.807) is 0 Å². The second kappa shape index (κ2) is 6.50. The number of likely N-dealkylation sites (tertiary alicyclic amines) is 1. The number of nitrogens with one attached hydrogen (secondary N) is 1. The zero-order chi connectivity index (χ0) is 15.0. The molecule has 1 amide bonds. The summed E-state index contributed by atoms with van der Waals surface area (Å²) in [7, 11) is 0. The molecule has 6 heteroatoms. The summed E-state index contributed by atoms with van der Waals surface area (Å²) < 4.78 is 0. The zero-order valence-corrected chi connectivity index (χ0v) is 13.6. The van der Waals surface area contributed by atoms with Gasteiger partial charge in [0.2, 0.25) is 0 Å². The molecule has 1 saturated heterocycles. The summed E-state index contributed by atoms with van der Waals surface area (Å²) in [6.07, 6.45) is 0. The Morgan fingerprint density at radius 2 is 1.95 bits per heavy atom. The molecule has 118 valence electrons. The van der Waals surface area contributed by atoms with Gasteiger partial charge in [-0.1, -0.05) is 30.3 Å². The van der Waals surface area contributed by atoms with Gasteiger partial charge in [0.25, 0.3) is 5.91 Å². The normalized spacial score (nSPS) is 20.8. The van der Waals surface area contributed by atoms with Gasteiger partial charge in [-0.25, -0.2) is 0 Å². The van der Waals surface area contributed by atoms with Crippen LogP contribution in [0, 0.1) is 13.8 Å². The lowest BCUT2D eigenvalue weighted by molar-refractivity contribution is 0.0782. The van der Waals surface area contributed by atoms with Crippen LogP contribution in [0.1, 0.15) is 33.2 Å². The summed E-state index contributed by atoms with van der Waals surface area (Å²) in [5, 5.41) is 6.99. The van der Waals surface area contributed by atoms with Crippen molar-refractivity contribution in [2.24, 2.45) is 5.73 Å². The quantitative estimate of drug-likeness (QED) is 0.889. The topological polar surface area (TPSA) is 75.0 Å². The molecular formula is C16H21ClN4O. The number of H-pyrrole nitrogens is 1. The molecule has 3 rings (SSSR count). The number of carbonyl (C=O) groups is 1. The molecule has 2 atom stereocenters. The predicted octanol–water partition coefficient (Wildman–Crippen LogP) is 2.02. The number of benzene rings is 1. The molecule has 1 fully saturated rings. The van der Waals surface area contributed by atoms with Crippen LogP contribution in [0.25, 0.3) is 0 Å². The van der Waals surface area contributed by atoms with Crippen molar-refractivity contribution in [3.05, 3.63) is 52.8 Å². The number of hydrogen-bond acceptors (Lipinski definition) is 3. The summed E-state index contributed by atoms with van der Waals surface area (Å²) in [5.41, 5.74) is 9.78. The highest BCUT2D eigenvalue weighted by Gasteiger charge is 2.35. The summed E-state index contributed by atoms with van der Waals surface area (Å²) in [4.78, 5) is 14.4. The Hall–Kier alpha value is -1.85. The Bertz CT molecular complexity index is 655. The van der Waals surface area contributed by atoms with E-state index in [0.717, 1.165) is 11.3 Å². The number of carbonyl (C=O) groups excluding carboxylic acids is 1. The SMILES string of the molecule is Cc1[nH]nc(C(=O)N2C[C@@H](N)[C@H](c3ccccc3)C2)c1C.Cl. The highest BCUT2D eigenvalue weighted by Crippen LogP contribution is 2.27. The fourth-order valence-electron chi connectivity index (χ4n) is 2.89. The van der Waals surface area contributed by atoms with E-state index in [-0.39, 0.29) is 30.3 Å². The predicted molar refractivity (Wildman–Crippen MR) is 88.4 cm³/mol. The van der Waals surface area contributed by atoms with Gasteiger partial charge in [0.05, 0.1) is 0 Å². The monoisotopic (exact) mass is 320 g/mol. The number of nitrogens with zero attached hydrogens (tertiary/aromatic N) is 2. The van der Waals surface area contributed by atoms with Crippen molar-refractivity contribution in [3.63, 3.8) is 0 Å². The first-order valence-electron chi connectivity index (χ1n) is 7.19. The molecule has 0 saturated carbocycles. The van der Waals surface area contributed by atoms with Gasteiger partial charge in [-0.15, -0.1) is 12.4 Å². The first-order valence-corrected chi connectivity index (χ1v) is 7.19. The molecule has 0 unspecified atom stereocenters. The number of aromatic nitrogens is 2. The second-order valence-electron chi connectivity index (χ2n) is 5.71. The minimum atomic E-state index is -0.0364. The van der Waals surface area contributed by atoms with E-state index < -0.39 is 0 Å². The van der Waals surface area contributed by atoms with Gasteiger partial charge in [0, 0.05) is 36.3 Å². The maximum absolute atomic E-state index is 12.6. The third-order valence-electron chi connectivity index (χ3n) is 4.34. The molecule has 2 heterocycles. The summed E-state index contributed by atoms with van der Waals surface area (Å²) in [6, 6.07) is 10.1. The van der Waals surface area contributed by atoms with E-state index in [9.17, 15) is 4.79 Å². The van der Waals surface area contributed by atoms with Crippen molar-refractivity contribution in [1.82, 2.24) is 15.1 Å². The first kappa shape index (κ1) is 16.5. The maximum Gasteiger partial charge on any atom is 0.274 e. The molecule has 1 aliphatic heterocycles. The summed E-state index contributed by atoms with van der Waals surface area (Å²) in [5.74, 6) is 0.154. The zero-order valence-electron chi connectivity index (χ0n) is 12.7. The molecule has 0 bridgehead atoms. The molecule has 1 aromatic heterocycles. The number of nitrogens with two attached hydrogens (primary N) is 1. The minimum absolute atomic E-state index is 0. The molecule has 0 spiro atoms. The average molecular weight is 321 g/mol. The number of amides is 1. The van der Waals surface area contributed by atoms with Crippen molar-refractivity contribution >= 4 is 18.3 Å². The molecule has 5 nitrogen and oxygen atoms in total. The van der Waals surface area contributed by atoms with Gasteiger partial charge in [-0.3, -0.25) is 9.89 Å². The molecular weight excluding hydrogens is 300 g/mol. The van der Waals surface area contributed by atoms with E-state index >= 15 is 0 Å². The van der Waals surface area contributed by atoms with E-state index in [4.69, 9.17) is 5.73 Å². The lowest BCUT2D eigenvalue weighted by atomic mass is 9.95.